The summed E-state index contributed by atoms with van der Waals surface area (Å²) in [6.07, 6.45) is 1.01. The molecule has 2 aromatic carbocycles. The average molecular weight is 291 g/mol. The quantitative estimate of drug-likeness (QED) is 0.797. The highest BCUT2D eigenvalue weighted by atomic mass is 79.9. The van der Waals surface area contributed by atoms with E-state index in [2.05, 4.69) is 47.1 Å². The lowest BCUT2D eigenvalue weighted by molar-refractivity contribution is 0.416. The molecule has 2 rings (SSSR count). The van der Waals surface area contributed by atoms with Gasteiger partial charge in [-0.15, -0.1) is 0 Å². The third-order valence-corrected chi connectivity index (χ3v) is 3.34. The van der Waals surface area contributed by atoms with Crippen LogP contribution in [0.4, 0.5) is 0 Å². The van der Waals surface area contributed by atoms with Gasteiger partial charge in [0.05, 0.1) is 7.11 Å². The Morgan fingerprint density at radius 3 is 2.53 bits per heavy atom. The predicted octanol–water partition coefficient (Wildman–Crippen LogP) is 4.69. The number of rotatable bonds is 3. The highest BCUT2D eigenvalue weighted by Gasteiger charge is 2.08. The van der Waals surface area contributed by atoms with E-state index in [1.165, 1.54) is 11.1 Å². The van der Waals surface area contributed by atoms with E-state index >= 15 is 0 Å². The Bertz CT molecular complexity index is 520. The van der Waals surface area contributed by atoms with E-state index in [1.807, 2.05) is 18.2 Å². The molecule has 0 aliphatic heterocycles. The molecule has 0 N–H and O–H groups in total. The summed E-state index contributed by atoms with van der Waals surface area (Å²) < 4.78 is 6.54. The van der Waals surface area contributed by atoms with Gasteiger partial charge in [-0.05, 0) is 35.7 Å². The summed E-state index contributed by atoms with van der Waals surface area (Å²) in [5, 5.41) is 0. The summed E-state index contributed by atoms with van der Waals surface area (Å²) >= 11 is 3.51. The van der Waals surface area contributed by atoms with Gasteiger partial charge < -0.3 is 4.74 Å². The van der Waals surface area contributed by atoms with Crippen LogP contribution in [0.2, 0.25) is 0 Å². The number of hydrogen-bond donors (Lipinski definition) is 0. The zero-order chi connectivity index (χ0) is 12.3. The number of para-hydroxylation sites is 1. The van der Waals surface area contributed by atoms with Gasteiger partial charge in [-0.1, -0.05) is 47.1 Å². The SMILES string of the molecule is CCc1cc(Br)ccc1-c1ccccc1OC. The number of benzene rings is 2. The van der Waals surface area contributed by atoms with E-state index in [-0.39, 0.29) is 0 Å². The van der Waals surface area contributed by atoms with Crippen molar-refractivity contribution in [3.8, 4) is 16.9 Å². The molecule has 0 heterocycles. The standard InChI is InChI=1S/C15H15BrO/c1-3-11-10-12(16)8-9-13(11)14-6-4-5-7-15(14)17-2/h4-10H,3H2,1-2H3. The van der Waals surface area contributed by atoms with Crippen molar-refractivity contribution in [1.29, 1.82) is 0 Å². The summed E-state index contributed by atoms with van der Waals surface area (Å²) in [5.41, 5.74) is 3.72. The Balaban J connectivity index is 2.59. The summed E-state index contributed by atoms with van der Waals surface area (Å²) in [6, 6.07) is 14.5. The second kappa shape index (κ2) is 5.37. The lowest BCUT2D eigenvalue weighted by Crippen LogP contribution is -1.91. The number of halogens is 1. The average Bonchev–Trinajstić information content (AvgIpc) is 2.38. The molecule has 0 unspecified atom stereocenters. The molecule has 0 saturated heterocycles. The first-order chi connectivity index (χ1) is 8.26. The Morgan fingerprint density at radius 1 is 1.06 bits per heavy atom. The second-order valence-corrected chi connectivity index (χ2v) is 4.77. The summed E-state index contributed by atoms with van der Waals surface area (Å²) in [5.74, 6) is 0.921. The van der Waals surface area contributed by atoms with Crippen molar-refractivity contribution in [2.24, 2.45) is 0 Å². The molecule has 17 heavy (non-hydrogen) atoms. The smallest absolute Gasteiger partial charge is 0.126 e. The summed E-state index contributed by atoms with van der Waals surface area (Å²) in [4.78, 5) is 0. The third kappa shape index (κ3) is 2.52. The van der Waals surface area contributed by atoms with Crippen molar-refractivity contribution in [3.05, 3.63) is 52.5 Å². The molecule has 2 heteroatoms. The maximum Gasteiger partial charge on any atom is 0.126 e. The molecule has 0 amide bonds. The Morgan fingerprint density at radius 2 is 1.82 bits per heavy atom. The molecule has 0 atom stereocenters. The fourth-order valence-electron chi connectivity index (χ4n) is 1.98. The van der Waals surface area contributed by atoms with E-state index in [9.17, 15) is 0 Å². The predicted molar refractivity (Wildman–Crippen MR) is 75.5 cm³/mol. The molecule has 2 aromatic rings. The fraction of sp³-hybridized carbons (Fsp3) is 0.200. The molecule has 0 bridgehead atoms. The normalized spacial score (nSPS) is 10.3. The fourth-order valence-corrected chi connectivity index (χ4v) is 2.39. The van der Waals surface area contributed by atoms with Crippen LogP contribution in [-0.4, -0.2) is 7.11 Å². The lowest BCUT2D eigenvalue weighted by atomic mass is 9.97. The topological polar surface area (TPSA) is 9.23 Å². The van der Waals surface area contributed by atoms with Crippen LogP contribution in [-0.2, 0) is 6.42 Å². The van der Waals surface area contributed by atoms with Gasteiger partial charge in [0.15, 0.2) is 0 Å². The van der Waals surface area contributed by atoms with Crippen LogP contribution in [0.25, 0.3) is 11.1 Å². The number of hydrogen-bond acceptors (Lipinski definition) is 1. The van der Waals surface area contributed by atoms with Crippen LogP contribution in [0, 0.1) is 0 Å². The molecular formula is C15H15BrO. The third-order valence-electron chi connectivity index (χ3n) is 2.85. The van der Waals surface area contributed by atoms with E-state index in [0.29, 0.717) is 0 Å². The van der Waals surface area contributed by atoms with Gasteiger partial charge in [0.1, 0.15) is 5.75 Å². The Hall–Kier alpha value is -1.28. The van der Waals surface area contributed by atoms with Crippen molar-refractivity contribution >= 4 is 15.9 Å². The molecule has 0 radical (unpaired) electrons. The zero-order valence-electron chi connectivity index (χ0n) is 10.0. The van der Waals surface area contributed by atoms with Gasteiger partial charge >= 0.3 is 0 Å². The van der Waals surface area contributed by atoms with Crippen molar-refractivity contribution in [2.45, 2.75) is 13.3 Å². The molecule has 0 aromatic heterocycles. The van der Waals surface area contributed by atoms with Gasteiger partial charge in [-0.25, -0.2) is 0 Å². The Kier molecular flexibility index (Phi) is 3.85. The van der Waals surface area contributed by atoms with Crippen molar-refractivity contribution < 1.29 is 4.74 Å². The van der Waals surface area contributed by atoms with Crippen LogP contribution in [0.15, 0.2) is 46.9 Å². The molecule has 0 saturated carbocycles. The van der Waals surface area contributed by atoms with Crippen LogP contribution < -0.4 is 4.74 Å². The first kappa shape index (κ1) is 12.2. The van der Waals surface area contributed by atoms with Crippen LogP contribution in [0.5, 0.6) is 5.75 Å². The number of methoxy groups -OCH3 is 1. The van der Waals surface area contributed by atoms with Gasteiger partial charge in [-0.2, -0.15) is 0 Å². The van der Waals surface area contributed by atoms with Crippen LogP contribution in [0.1, 0.15) is 12.5 Å². The maximum atomic E-state index is 5.42. The van der Waals surface area contributed by atoms with Gasteiger partial charge in [0.2, 0.25) is 0 Å². The van der Waals surface area contributed by atoms with E-state index in [0.717, 1.165) is 22.2 Å². The monoisotopic (exact) mass is 290 g/mol. The van der Waals surface area contributed by atoms with E-state index < -0.39 is 0 Å². The minimum atomic E-state index is 0.921. The number of ether oxygens (including phenoxy) is 1. The molecule has 0 aliphatic carbocycles. The Labute approximate surface area is 111 Å². The molecule has 0 fully saturated rings. The minimum Gasteiger partial charge on any atom is -0.496 e. The highest BCUT2D eigenvalue weighted by Crippen LogP contribution is 2.33. The second-order valence-electron chi connectivity index (χ2n) is 3.86. The molecule has 0 aliphatic rings. The van der Waals surface area contributed by atoms with Crippen molar-refractivity contribution in [2.75, 3.05) is 7.11 Å². The lowest BCUT2D eigenvalue weighted by Gasteiger charge is -2.12. The van der Waals surface area contributed by atoms with Crippen LogP contribution >= 0.6 is 15.9 Å². The van der Waals surface area contributed by atoms with Crippen molar-refractivity contribution in [3.63, 3.8) is 0 Å². The molecule has 0 spiro atoms. The molecule has 88 valence electrons. The molecule has 1 nitrogen and oxygen atoms in total. The summed E-state index contributed by atoms with van der Waals surface area (Å²) in [7, 11) is 1.71. The van der Waals surface area contributed by atoms with E-state index in [1.54, 1.807) is 7.11 Å². The first-order valence-electron chi connectivity index (χ1n) is 5.68. The first-order valence-corrected chi connectivity index (χ1v) is 6.47. The van der Waals surface area contributed by atoms with Crippen molar-refractivity contribution in [1.82, 2.24) is 0 Å². The summed E-state index contributed by atoms with van der Waals surface area (Å²) in [6.45, 7) is 2.17. The van der Waals surface area contributed by atoms with Gasteiger partial charge in [0.25, 0.3) is 0 Å². The highest BCUT2D eigenvalue weighted by molar-refractivity contribution is 9.10. The maximum absolute atomic E-state index is 5.42. The van der Waals surface area contributed by atoms with Gasteiger partial charge in [-0.3, -0.25) is 0 Å². The van der Waals surface area contributed by atoms with E-state index in [4.69, 9.17) is 4.74 Å². The number of aryl methyl sites for hydroxylation is 1. The van der Waals surface area contributed by atoms with Gasteiger partial charge in [0, 0.05) is 10.0 Å². The van der Waals surface area contributed by atoms with Crippen LogP contribution in [0.3, 0.4) is 0 Å². The zero-order valence-corrected chi connectivity index (χ0v) is 11.6. The molecular weight excluding hydrogens is 276 g/mol. The minimum absolute atomic E-state index is 0.921. The largest absolute Gasteiger partial charge is 0.496 e.